The van der Waals surface area contributed by atoms with Crippen molar-refractivity contribution in [1.82, 2.24) is 25.1 Å². The molecule has 4 aromatic rings. The minimum Gasteiger partial charge on any atom is -0.490 e. The third-order valence-corrected chi connectivity index (χ3v) is 6.44. The first-order valence-corrected chi connectivity index (χ1v) is 13.2. The molecule has 0 saturated heterocycles. The van der Waals surface area contributed by atoms with Gasteiger partial charge in [-0.25, -0.2) is 0 Å². The maximum Gasteiger partial charge on any atom is 0.573 e. The zero-order chi connectivity index (χ0) is 27.5. The van der Waals surface area contributed by atoms with E-state index in [-0.39, 0.29) is 5.75 Å². The molecule has 0 atom stereocenters. The molecule has 0 spiro atoms. The maximum absolute atomic E-state index is 12.7. The van der Waals surface area contributed by atoms with Gasteiger partial charge in [0.1, 0.15) is 18.1 Å². The van der Waals surface area contributed by atoms with Crippen molar-refractivity contribution in [1.29, 1.82) is 0 Å². The van der Waals surface area contributed by atoms with Gasteiger partial charge in [0, 0.05) is 25.8 Å². The molecule has 0 saturated carbocycles. The standard InChI is InChI=1S/C26H30F3N5O4S/c1-35-7-4-18-10-19(12-21(11-18)38-26(27,28)29)15-30-5-2-3-6-36-8-9-37-24-14-20(25-17-32-34-39-25)13-23-22(24)16-31-33-23/h10-14,16-17,30H,2-9,15H2,1H3,(H,31,33). The first-order valence-electron chi connectivity index (χ1n) is 12.4. The number of hydrogen-bond acceptors (Lipinski definition) is 9. The number of nitrogens with one attached hydrogen (secondary N) is 2. The molecule has 0 bridgehead atoms. The van der Waals surface area contributed by atoms with Gasteiger partial charge in [0.25, 0.3) is 0 Å². The van der Waals surface area contributed by atoms with Crippen LogP contribution in [0.1, 0.15) is 24.0 Å². The molecular weight excluding hydrogens is 535 g/mol. The molecule has 2 aromatic carbocycles. The number of hydrogen-bond donors (Lipinski definition) is 2. The minimum absolute atomic E-state index is 0.218. The van der Waals surface area contributed by atoms with E-state index in [2.05, 4.69) is 29.8 Å². The molecule has 2 heterocycles. The number of alkyl halides is 3. The summed E-state index contributed by atoms with van der Waals surface area (Å²) in [6, 6.07) is 8.59. The highest BCUT2D eigenvalue weighted by molar-refractivity contribution is 7.09. The van der Waals surface area contributed by atoms with Gasteiger partial charge in [-0.15, -0.1) is 18.3 Å². The molecule has 0 aliphatic carbocycles. The zero-order valence-corrected chi connectivity index (χ0v) is 22.2. The Hall–Kier alpha value is -3.26. The van der Waals surface area contributed by atoms with Gasteiger partial charge in [0.15, 0.2) is 0 Å². The SMILES string of the molecule is COCCc1cc(CNCCCCOCCOc2cc(-c3cnns3)cc3[nH]ncc23)cc(OC(F)(F)F)c1. The highest BCUT2D eigenvalue weighted by Gasteiger charge is 2.31. The summed E-state index contributed by atoms with van der Waals surface area (Å²) >= 11 is 1.31. The van der Waals surface area contributed by atoms with Gasteiger partial charge in [-0.2, -0.15) is 5.10 Å². The Morgan fingerprint density at radius 2 is 1.85 bits per heavy atom. The fourth-order valence-electron chi connectivity index (χ4n) is 3.96. The lowest BCUT2D eigenvalue weighted by molar-refractivity contribution is -0.274. The largest absolute Gasteiger partial charge is 0.573 e. The Kier molecular flexibility index (Phi) is 10.5. The molecular formula is C26H30F3N5O4S. The van der Waals surface area contributed by atoms with Crippen LogP contribution in [0.5, 0.6) is 11.5 Å². The van der Waals surface area contributed by atoms with Gasteiger partial charge in [-0.1, -0.05) is 10.6 Å². The second-order valence-corrected chi connectivity index (χ2v) is 9.49. The van der Waals surface area contributed by atoms with Gasteiger partial charge < -0.3 is 24.3 Å². The van der Waals surface area contributed by atoms with Crippen molar-refractivity contribution in [3.8, 4) is 21.9 Å². The number of methoxy groups -OCH3 is 1. The number of nitrogens with zero attached hydrogens (tertiary/aromatic N) is 3. The van der Waals surface area contributed by atoms with E-state index in [4.69, 9.17) is 14.2 Å². The number of halogens is 3. The average molecular weight is 566 g/mol. The predicted octanol–water partition coefficient (Wildman–Crippen LogP) is 5.13. The Bertz CT molecular complexity index is 1300. The van der Waals surface area contributed by atoms with Crippen molar-refractivity contribution in [3.63, 3.8) is 0 Å². The highest BCUT2D eigenvalue weighted by atomic mass is 32.1. The number of rotatable bonds is 16. The summed E-state index contributed by atoms with van der Waals surface area (Å²) in [5.41, 5.74) is 3.27. The third kappa shape index (κ3) is 9.17. The van der Waals surface area contributed by atoms with Crippen molar-refractivity contribution >= 4 is 22.4 Å². The summed E-state index contributed by atoms with van der Waals surface area (Å²) in [6.45, 7) is 2.96. The molecule has 0 unspecified atom stereocenters. The monoisotopic (exact) mass is 565 g/mol. The molecule has 13 heteroatoms. The number of aromatic nitrogens is 4. The van der Waals surface area contributed by atoms with Crippen molar-refractivity contribution in [2.45, 2.75) is 32.2 Å². The molecule has 0 radical (unpaired) electrons. The van der Waals surface area contributed by atoms with Crippen LogP contribution >= 0.6 is 11.5 Å². The van der Waals surface area contributed by atoms with Gasteiger partial charge in [0.2, 0.25) is 0 Å². The molecule has 0 amide bonds. The predicted molar refractivity (Wildman–Crippen MR) is 141 cm³/mol. The summed E-state index contributed by atoms with van der Waals surface area (Å²) < 4.78 is 62.8. The second-order valence-electron chi connectivity index (χ2n) is 8.71. The Balaban J connectivity index is 1.14. The van der Waals surface area contributed by atoms with Crippen LogP contribution in [0, 0.1) is 0 Å². The van der Waals surface area contributed by atoms with Gasteiger partial charge >= 0.3 is 6.36 Å². The first-order chi connectivity index (χ1) is 18.9. The van der Waals surface area contributed by atoms with Crippen LogP contribution in [0.25, 0.3) is 21.3 Å². The van der Waals surface area contributed by atoms with E-state index in [1.807, 2.05) is 18.2 Å². The summed E-state index contributed by atoms with van der Waals surface area (Å²) in [7, 11) is 1.55. The van der Waals surface area contributed by atoms with E-state index in [1.54, 1.807) is 19.5 Å². The number of benzene rings is 2. The molecule has 0 aliphatic heterocycles. The first kappa shape index (κ1) is 28.7. The van der Waals surface area contributed by atoms with Gasteiger partial charge in [0.05, 0.1) is 41.4 Å². The van der Waals surface area contributed by atoms with E-state index >= 15 is 0 Å². The lowest BCUT2D eigenvalue weighted by atomic mass is 10.1. The molecule has 39 heavy (non-hydrogen) atoms. The lowest BCUT2D eigenvalue weighted by Gasteiger charge is -2.13. The van der Waals surface area contributed by atoms with Crippen molar-refractivity contribution in [3.05, 3.63) is 53.9 Å². The molecule has 0 aliphatic rings. The van der Waals surface area contributed by atoms with E-state index in [0.717, 1.165) is 45.3 Å². The summed E-state index contributed by atoms with van der Waals surface area (Å²) in [5, 5.41) is 15.1. The molecule has 0 fully saturated rings. The molecule has 4 rings (SSSR count). The van der Waals surface area contributed by atoms with Gasteiger partial charge in [-0.05, 0) is 72.7 Å². The van der Waals surface area contributed by atoms with Crippen LogP contribution in [-0.4, -0.2) is 66.2 Å². The summed E-state index contributed by atoms with van der Waals surface area (Å²) in [6.07, 6.45) is 0.906. The number of fused-ring (bicyclic) bond motifs is 1. The number of ether oxygens (including phenoxy) is 4. The van der Waals surface area contributed by atoms with E-state index in [9.17, 15) is 13.2 Å². The molecule has 2 N–H and O–H groups in total. The van der Waals surface area contributed by atoms with Gasteiger partial charge in [-0.3, -0.25) is 5.10 Å². The lowest BCUT2D eigenvalue weighted by Crippen LogP contribution is -2.18. The summed E-state index contributed by atoms with van der Waals surface area (Å²) in [4.78, 5) is 0.940. The maximum atomic E-state index is 12.7. The normalized spacial score (nSPS) is 11.8. The molecule has 9 nitrogen and oxygen atoms in total. The van der Waals surface area contributed by atoms with Crippen LogP contribution in [-0.2, 0) is 22.4 Å². The molecule has 210 valence electrons. The van der Waals surface area contributed by atoms with Crippen molar-refractivity contribution < 1.29 is 32.1 Å². The number of aromatic amines is 1. The van der Waals surface area contributed by atoms with Crippen LogP contribution in [0.2, 0.25) is 0 Å². The zero-order valence-electron chi connectivity index (χ0n) is 21.4. The van der Waals surface area contributed by atoms with E-state index < -0.39 is 6.36 Å². The third-order valence-electron chi connectivity index (χ3n) is 5.73. The average Bonchev–Trinajstić information content (AvgIpc) is 3.60. The fraction of sp³-hybridized carbons (Fsp3) is 0.423. The minimum atomic E-state index is -4.73. The van der Waals surface area contributed by atoms with Crippen molar-refractivity contribution in [2.24, 2.45) is 0 Å². The van der Waals surface area contributed by atoms with E-state index in [1.165, 1.54) is 23.7 Å². The second kappa shape index (κ2) is 14.2. The van der Waals surface area contributed by atoms with Crippen LogP contribution in [0.3, 0.4) is 0 Å². The Labute approximate surface area is 227 Å². The van der Waals surface area contributed by atoms with E-state index in [0.29, 0.717) is 51.7 Å². The topological polar surface area (TPSA) is 103 Å². The Morgan fingerprint density at radius 1 is 0.974 bits per heavy atom. The Morgan fingerprint density at radius 3 is 2.64 bits per heavy atom. The van der Waals surface area contributed by atoms with Crippen LogP contribution in [0.4, 0.5) is 13.2 Å². The highest BCUT2D eigenvalue weighted by Crippen LogP contribution is 2.32. The number of H-pyrrole nitrogens is 1. The quantitative estimate of drug-likeness (QED) is 0.180. The van der Waals surface area contributed by atoms with Crippen molar-refractivity contribution in [2.75, 3.05) is 40.1 Å². The summed E-state index contributed by atoms with van der Waals surface area (Å²) in [5.74, 6) is 0.497. The number of unbranched alkanes of at least 4 members (excludes halogenated alkanes) is 1. The molecule has 2 aromatic heterocycles. The fourth-order valence-corrected chi connectivity index (χ4v) is 4.46. The van der Waals surface area contributed by atoms with Crippen LogP contribution < -0.4 is 14.8 Å². The van der Waals surface area contributed by atoms with Crippen LogP contribution in [0.15, 0.2) is 42.7 Å². The smallest absolute Gasteiger partial charge is 0.490 e.